The maximum atomic E-state index is 15.5. The molecule has 3 atom stereocenters. The fourth-order valence-corrected chi connectivity index (χ4v) is 5.67. The summed E-state index contributed by atoms with van der Waals surface area (Å²) in [6.07, 6.45) is 1.17. The maximum absolute atomic E-state index is 15.5. The molecule has 0 radical (unpaired) electrons. The molecule has 2 unspecified atom stereocenters. The van der Waals surface area contributed by atoms with E-state index in [1.165, 1.54) is 7.11 Å². The monoisotopic (exact) mass is 614 g/mol. The number of nitrogens with zero attached hydrogens (tertiary/aromatic N) is 2. The minimum absolute atomic E-state index is 0.134. The van der Waals surface area contributed by atoms with Gasteiger partial charge in [-0.25, -0.2) is 18.0 Å². The Bertz CT molecular complexity index is 1590. The number of halogens is 4. The first-order valence-electron chi connectivity index (χ1n) is 13.8. The second kappa shape index (κ2) is 12.5. The number of anilines is 2. The van der Waals surface area contributed by atoms with Crippen molar-refractivity contribution in [2.75, 3.05) is 24.3 Å². The molecule has 2 aliphatic heterocycles. The van der Waals surface area contributed by atoms with Crippen molar-refractivity contribution in [2.24, 2.45) is 5.92 Å². The molecule has 0 saturated carbocycles. The van der Waals surface area contributed by atoms with Crippen LogP contribution in [-0.4, -0.2) is 35.5 Å². The number of benzene rings is 2. The van der Waals surface area contributed by atoms with Gasteiger partial charge in [0, 0.05) is 35.7 Å². The molecular formula is C31H30ClF3N4O4. The number of ether oxygens (including phenoxy) is 2. The number of pyridine rings is 1. The summed E-state index contributed by atoms with van der Waals surface area (Å²) in [5, 5.41) is 5.27. The highest BCUT2D eigenvalue weighted by molar-refractivity contribution is 6.30. The molecule has 8 nitrogen and oxygen atoms in total. The van der Waals surface area contributed by atoms with Crippen LogP contribution in [0.1, 0.15) is 55.9 Å². The first kappa shape index (κ1) is 30.2. The van der Waals surface area contributed by atoms with E-state index in [1.54, 1.807) is 36.1 Å². The van der Waals surface area contributed by atoms with Gasteiger partial charge in [0.1, 0.15) is 17.7 Å². The minimum Gasteiger partial charge on any atom is -0.471 e. The third-order valence-electron chi connectivity index (χ3n) is 7.80. The van der Waals surface area contributed by atoms with Gasteiger partial charge < -0.3 is 19.7 Å². The standard InChI is InChI=1S/C31H30ClF3N4O4/c1-16-5-4-6-26(39-12-11-27(43-17(39)2)28-22(33)10-9-21(32)29(28)35)20-14-24(36-15-23(20)34)19-8-7-18(37-31(41)42-3)13-25(19)38-30(16)40/h7-10,13-16,26-27H,2,4-6,11-12H2,1,3H3,(H,37,41)(H,38,40)/t16?,26?,27-/m1/s1. The second-order valence-electron chi connectivity index (χ2n) is 10.5. The van der Waals surface area contributed by atoms with Gasteiger partial charge in [-0.3, -0.25) is 15.1 Å². The number of methoxy groups -OCH3 is 1. The van der Waals surface area contributed by atoms with Gasteiger partial charge >= 0.3 is 6.09 Å². The number of carbonyl (C=O) groups is 2. The van der Waals surface area contributed by atoms with Crippen LogP contribution in [0.15, 0.2) is 55.1 Å². The summed E-state index contributed by atoms with van der Waals surface area (Å²) in [4.78, 5) is 31.0. The number of carbonyl (C=O) groups excluding carboxylic acids is 2. The quantitative estimate of drug-likeness (QED) is 0.293. The predicted octanol–water partition coefficient (Wildman–Crippen LogP) is 7.73. The summed E-state index contributed by atoms with van der Waals surface area (Å²) < 4.78 is 55.5. The summed E-state index contributed by atoms with van der Waals surface area (Å²) in [6, 6.07) is 8.14. The smallest absolute Gasteiger partial charge is 0.411 e. The van der Waals surface area contributed by atoms with Crippen LogP contribution in [0.3, 0.4) is 0 Å². The maximum Gasteiger partial charge on any atom is 0.411 e. The van der Waals surface area contributed by atoms with Crippen molar-refractivity contribution in [1.29, 1.82) is 0 Å². The van der Waals surface area contributed by atoms with Crippen LogP contribution in [0.2, 0.25) is 5.02 Å². The molecule has 2 amide bonds. The average molecular weight is 615 g/mol. The van der Waals surface area contributed by atoms with E-state index in [0.29, 0.717) is 47.5 Å². The van der Waals surface area contributed by atoms with Gasteiger partial charge in [-0.15, -0.1) is 0 Å². The van der Waals surface area contributed by atoms with Gasteiger partial charge in [0.2, 0.25) is 5.91 Å². The molecule has 2 bridgehead atoms. The third kappa shape index (κ3) is 6.27. The van der Waals surface area contributed by atoms with Crippen LogP contribution in [-0.2, 0) is 14.3 Å². The molecule has 5 rings (SSSR count). The molecule has 43 heavy (non-hydrogen) atoms. The van der Waals surface area contributed by atoms with Crippen LogP contribution < -0.4 is 10.6 Å². The van der Waals surface area contributed by atoms with Crippen LogP contribution in [0.4, 0.5) is 29.3 Å². The Morgan fingerprint density at radius 1 is 1.16 bits per heavy atom. The zero-order valence-corrected chi connectivity index (χ0v) is 24.3. The second-order valence-corrected chi connectivity index (χ2v) is 11.0. The zero-order valence-electron chi connectivity index (χ0n) is 23.6. The van der Waals surface area contributed by atoms with E-state index in [2.05, 4.69) is 26.9 Å². The molecular weight excluding hydrogens is 585 g/mol. The Balaban J connectivity index is 1.51. The molecule has 3 heterocycles. The Hall–Kier alpha value is -4.25. The molecule has 226 valence electrons. The highest BCUT2D eigenvalue weighted by Crippen LogP contribution is 2.42. The Morgan fingerprint density at radius 3 is 2.70 bits per heavy atom. The van der Waals surface area contributed by atoms with E-state index < -0.39 is 35.7 Å². The number of aromatic nitrogens is 1. The van der Waals surface area contributed by atoms with Crippen molar-refractivity contribution in [1.82, 2.24) is 9.88 Å². The van der Waals surface area contributed by atoms with Crippen molar-refractivity contribution in [3.05, 3.63) is 88.7 Å². The lowest BCUT2D eigenvalue weighted by molar-refractivity contribution is -0.119. The fourth-order valence-electron chi connectivity index (χ4n) is 5.50. The van der Waals surface area contributed by atoms with Crippen molar-refractivity contribution in [3.63, 3.8) is 0 Å². The Morgan fingerprint density at radius 2 is 1.95 bits per heavy atom. The number of amides is 2. The van der Waals surface area contributed by atoms with Crippen molar-refractivity contribution < 1.29 is 32.2 Å². The van der Waals surface area contributed by atoms with Gasteiger partial charge in [-0.1, -0.05) is 24.9 Å². The van der Waals surface area contributed by atoms with E-state index in [-0.39, 0.29) is 41.3 Å². The first-order chi connectivity index (χ1) is 20.6. The van der Waals surface area contributed by atoms with Gasteiger partial charge in [0.25, 0.3) is 0 Å². The van der Waals surface area contributed by atoms with Gasteiger partial charge in [-0.05, 0) is 55.8 Å². The number of rotatable bonds is 3. The van der Waals surface area contributed by atoms with Gasteiger partial charge in [0.05, 0.1) is 41.3 Å². The van der Waals surface area contributed by atoms with Crippen molar-refractivity contribution in [3.8, 4) is 11.3 Å². The SMILES string of the molecule is C=C1O[C@@H](c2c(F)ccc(Cl)c2F)CCN1C1CCCC(C)C(=O)Nc2cc(NC(=O)OC)ccc2-c2cc1c(F)cn2. The van der Waals surface area contributed by atoms with E-state index in [0.717, 1.165) is 18.3 Å². The van der Waals surface area contributed by atoms with E-state index in [9.17, 15) is 18.4 Å². The van der Waals surface area contributed by atoms with Gasteiger partial charge in [-0.2, -0.15) is 0 Å². The Labute approximate surface area is 251 Å². The van der Waals surface area contributed by atoms with Crippen LogP contribution in [0, 0.1) is 23.4 Å². The van der Waals surface area contributed by atoms with Crippen LogP contribution in [0.25, 0.3) is 11.3 Å². The van der Waals surface area contributed by atoms with Crippen LogP contribution >= 0.6 is 11.6 Å². The average Bonchev–Trinajstić information content (AvgIpc) is 2.98. The van der Waals surface area contributed by atoms with E-state index in [4.69, 9.17) is 16.3 Å². The summed E-state index contributed by atoms with van der Waals surface area (Å²) in [5.41, 5.74) is 1.72. The molecule has 1 aromatic heterocycles. The summed E-state index contributed by atoms with van der Waals surface area (Å²) in [6.45, 7) is 6.08. The fraction of sp³-hybridized carbons (Fsp3) is 0.323. The molecule has 0 spiro atoms. The number of fused-ring (bicyclic) bond motifs is 4. The van der Waals surface area contributed by atoms with Crippen molar-refractivity contribution >= 4 is 35.0 Å². The molecule has 0 aliphatic carbocycles. The predicted molar refractivity (Wildman–Crippen MR) is 156 cm³/mol. The number of hydrogen-bond acceptors (Lipinski definition) is 6. The molecule has 3 aromatic rings. The molecule has 2 N–H and O–H groups in total. The normalized spacial score (nSPS) is 20.6. The molecule has 2 aromatic carbocycles. The molecule has 2 aliphatic rings. The van der Waals surface area contributed by atoms with E-state index >= 15 is 4.39 Å². The number of hydrogen-bond donors (Lipinski definition) is 2. The lowest BCUT2D eigenvalue weighted by Crippen LogP contribution is -2.36. The molecule has 1 fully saturated rings. The topological polar surface area (TPSA) is 92.8 Å². The highest BCUT2D eigenvalue weighted by Gasteiger charge is 2.35. The molecule has 12 heteroatoms. The van der Waals surface area contributed by atoms with Crippen LogP contribution in [0.5, 0.6) is 0 Å². The summed E-state index contributed by atoms with van der Waals surface area (Å²) in [5.74, 6) is -2.69. The first-order valence-corrected chi connectivity index (χ1v) is 14.2. The highest BCUT2D eigenvalue weighted by atomic mass is 35.5. The lowest BCUT2D eigenvalue weighted by Gasteiger charge is -2.41. The third-order valence-corrected chi connectivity index (χ3v) is 8.09. The summed E-state index contributed by atoms with van der Waals surface area (Å²) in [7, 11) is 1.24. The lowest BCUT2D eigenvalue weighted by atomic mass is 9.93. The van der Waals surface area contributed by atoms with Gasteiger partial charge in [0.15, 0.2) is 11.7 Å². The minimum atomic E-state index is -0.963. The van der Waals surface area contributed by atoms with E-state index in [1.807, 2.05) is 0 Å². The molecule has 1 saturated heterocycles. The Kier molecular flexibility index (Phi) is 8.82. The summed E-state index contributed by atoms with van der Waals surface area (Å²) >= 11 is 5.90. The largest absolute Gasteiger partial charge is 0.471 e. The number of nitrogens with one attached hydrogen (secondary N) is 2. The van der Waals surface area contributed by atoms with Crippen molar-refractivity contribution in [2.45, 2.75) is 44.8 Å². The zero-order chi connectivity index (χ0) is 30.8.